The number of carbonyl (C=O) groups excluding carboxylic acids is 1. The van der Waals surface area contributed by atoms with Gasteiger partial charge in [-0.25, -0.2) is 0 Å². The van der Waals surface area contributed by atoms with Crippen LogP contribution in [0, 0.1) is 0 Å². The number of nitrogens with zero attached hydrogens (tertiary/aromatic N) is 1. The van der Waals surface area contributed by atoms with E-state index >= 15 is 0 Å². The lowest BCUT2D eigenvalue weighted by Gasteiger charge is -2.27. The Balaban J connectivity index is 1.82. The van der Waals surface area contributed by atoms with Gasteiger partial charge in [0.15, 0.2) is 0 Å². The molecule has 0 bridgehead atoms. The zero-order valence-corrected chi connectivity index (χ0v) is 11.0. The maximum absolute atomic E-state index is 12.1. The average molecular weight is 239 g/mol. The maximum Gasteiger partial charge on any atom is 0.240 e. The fraction of sp³-hybridized carbons (Fsp3) is 0.923. The van der Waals surface area contributed by atoms with Crippen LogP contribution in [0.4, 0.5) is 0 Å². The molecular formula is C13H25N3O. The van der Waals surface area contributed by atoms with E-state index in [1.807, 2.05) is 13.8 Å². The first-order valence-corrected chi connectivity index (χ1v) is 6.93. The Kier molecular flexibility index (Phi) is 3.73. The highest BCUT2D eigenvalue weighted by atomic mass is 16.2. The highest BCUT2D eigenvalue weighted by Crippen LogP contribution is 2.29. The van der Waals surface area contributed by atoms with Crippen LogP contribution in [-0.4, -0.2) is 41.5 Å². The number of nitrogens with one attached hydrogen (secondary N) is 1. The number of rotatable bonds is 5. The Hall–Kier alpha value is -0.610. The Morgan fingerprint density at radius 2 is 2.00 bits per heavy atom. The van der Waals surface area contributed by atoms with Crippen molar-refractivity contribution in [3.8, 4) is 0 Å². The summed E-state index contributed by atoms with van der Waals surface area (Å²) < 4.78 is 0. The minimum Gasteiger partial charge on any atom is -0.350 e. The van der Waals surface area contributed by atoms with E-state index in [2.05, 4.69) is 10.2 Å². The summed E-state index contributed by atoms with van der Waals surface area (Å²) in [4.78, 5) is 14.6. The van der Waals surface area contributed by atoms with Crippen molar-refractivity contribution >= 4 is 5.91 Å². The summed E-state index contributed by atoms with van der Waals surface area (Å²) in [5.41, 5.74) is 5.43. The molecule has 0 aromatic carbocycles. The quantitative estimate of drug-likeness (QED) is 0.748. The largest absolute Gasteiger partial charge is 0.350 e. The third-order valence-corrected chi connectivity index (χ3v) is 4.33. The molecule has 2 rings (SSSR count). The molecule has 1 amide bonds. The van der Waals surface area contributed by atoms with Crippen LogP contribution >= 0.6 is 0 Å². The molecule has 17 heavy (non-hydrogen) atoms. The molecule has 0 aromatic heterocycles. The third-order valence-electron chi connectivity index (χ3n) is 4.33. The molecule has 2 fully saturated rings. The summed E-state index contributed by atoms with van der Waals surface area (Å²) in [7, 11) is 0. The van der Waals surface area contributed by atoms with Crippen LogP contribution in [0.5, 0.6) is 0 Å². The van der Waals surface area contributed by atoms with Crippen molar-refractivity contribution in [2.45, 2.75) is 63.6 Å². The predicted molar refractivity (Wildman–Crippen MR) is 68.6 cm³/mol. The zero-order valence-electron chi connectivity index (χ0n) is 11.0. The van der Waals surface area contributed by atoms with Crippen molar-refractivity contribution in [3.05, 3.63) is 0 Å². The minimum absolute atomic E-state index is 0.0325. The van der Waals surface area contributed by atoms with Crippen LogP contribution in [0.3, 0.4) is 0 Å². The Morgan fingerprint density at radius 1 is 1.35 bits per heavy atom. The zero-order chi connectivity index (χ0) is 12.5. The summed E-state index contributed by atoms with van der Waals surface area (Å²) in [5, 5.41) is 3.13. The second-order valence-electron chi connectivity index (χ2n) is 5.55. The highest BCUT2D eigenvalue weighted by molar-refractivity contribution is 5.86. The molecule has 1 heterocycles. The van der Waals surface area contributed by atoms with Gasteiger partial charge in [-0.3, -0.25) is 9.69 Å². The van der Waals surface area contributed by atoms with Crippen LogP contribution in [0.2, 0.25) is 0 Å². The predicted octanol–water partition coefficient (Wildman–Crippen LogP) is 0.857. The molecule has 4 heteroatoms. The van der Waals surface area contributed by atoms with E-state index in [-0.39, 0.29) is 5.91 Å². The smallest absolute Gasteiger partial charge is 0.240 e. The summed E-state index contributed by atoms with van der Waals surface area (Å²) in [6.45, 7) is 6.10. The monoisotopic (exact) mass is 239 g/mol. The molecule has 1 unspecified atom stereocenters. The van der Waals surface area contributed by atoms with Crippen molar-refractivity contribution in [1.82, 2.24) is 10.2 Å². The molecule has 2 aliphatic rings. The highest BCUT2D eigenvalue weighted by Gasteiger charge is 2.37. The van der Waals surface area contributed by atoms with Crippen LogP contribution in [-0.2, 0) is 4.79 Å². The number of hydrogen-bond donors (Lipinski definition) is 2. The van der Waals surface area contributed by atoms with E-state index in [1.165, 1.54) is 12.8 Å². The Bertz CT molecular complexity index is 284. The second kappa shape index (κ2) is 4.94. The van der Waals surface area contributed by atoms with E-state index in [4.69, 9.17) is 5.73 Å². The van der Waals surface area contributed by atoms with Crippen molar-refractivity contribution in [3.63, 3.8) is 0 Å². The van der Waals surface area contributed by atoms with Crippen LogP contribution in [0.25, 0.3) is 0 Å². The van der Waals surface area contributed by atoms with E-state index in [1.54, 1.807) is 0 Å². The molecule has 1 atom stereocenters. The number of hydrogen-bond acceptors (Lipinski definition) is 3. The molecule has 0 radical (unpaired) electrons. The molecular weight excluding hydrogens is 214 g/mol. The molecule has 1 aliphatic heterocycles. The first-order chi connectivity index (χ1) is 8.09. The number of nitrogens with two attached hydrogens (primary N) is 1. The molecule has 0 spiro atoms. The first-order valence-electron chi connectivity index (χ1n) is 6.93. The van der Waals surface area contributed by atoms with Gasteiger partial charge in [0.25, 0.3) is 0 Å². The first kappa shape index (κ1) is 12.8. The van der Waals surface area contributed by atoms with Gasteiger partial charge in [-0.15, -0.1) is 0 Å². The minimum atomic E-state index is -0.674. The Morgan fingerprint density at radius 3 is 2.53 bits per heavy atom. The van der Waals surface area contributed by atoms with E-state index < -0.39 is 5.54 Å². The van der Waals surface area contributed by atoms with Gasteiger partial charge in [-0.05, 0) is 32.1 Å². The van der Waals surface area contributed by atoms with Crippen molar-refractivity contribution < 1.29 is 4.79 Å². The summed E-state index contributed by atoms with van der Waals surface area (Å²) >= 11 is 0. The van der Waals surface area contributed by atoms with E-state index in [9.17, 15) is 4.79 Å². The maximum atomic E-state index is 12.1. The van der Waals surface area contributed by atoms with E-state index in [0.29, 0.717) is 18.9 Å². The molecule has 4 nitrogen and oxygen atoms in total. The number of likely N-dealkylation sites (tertiary alicyclic amines) is 1. The average Bonchev–Trinajstić information content (AvgIpc) is 3.09. The number of amides is 1. The lowest BCUT2D eigenvalue weighted by Crippen LogP contribution is -2.55. The lowest BCUT2D eigenvalue weighted by atomic mass is 9.93. The summed E-state index contributed by atoms with van der Waals surface area (Å²) in [6.07, 6.45) is 5.16. The van der Waals surface area contributed by atoms with Crippen LogP contribution in [0.15, 0.2) is 0 Å². The van der Waals surface area contributed by atoms with Crippen molar-refractivity contribution in [2.75, 3.05) is 13.1 Å². The van der Waals surface area contributed by atoms with Crippen LogP contribution in [0.1, 0.15) is 46.0 Å². The molecule has 1 saturated carbocycles. The SMILES string of the molecule is CCC(N)(CC)C(=O)NC1CCN(C2CC2)C1. The topological polar surface area (TPSA) is 58.4 Å². The number of carbonyl (C=O) groups is 1. The standard InChI is InChI=1S/C13H25N3O/c1-3-13(14,4-2)12(17)15-10-7-8-16(9-10)11-5-6-11/h10-11H,3-9,14H2,1-2H3,(H,15,17). The van der Waals surface area contributed by atoms with Gasteiger partial charge in [-0.1, -0.05) is 13.8 Å². The van der Waals surface area contributed by atoms with Gasteiger partial charge in [0.05, 0.1) is 5.54 Å². The normalized spacial score (nSPS) is 26.2. The second-order valence-corrected chi connectivity index (χ2v) is 5.55. The summed E-state index contributed by atoms with van der Waals surface area (Å²) in [5.74, 6) is 0.0325. The molecule has 98 valence electrons. The van der Waals surface area contributed by atoms with E-state index in [0.717, 1.165) is 25.6 Å². The van der Waals surface area contributed by atoms with Gasteiger partial charge in [0.2, 0.25) is 5.91 Å². The third kappa shape index (κ3) is 2.80. The van der Waals surface area contributed by atoms with Gasteiger partial charge >= 0.3 is 0 Å². The fourth-order valence-corrected chi connectivity index (χ4v) is 2.58. The van der Waals surface area contributed by atoms with Crippen molar-refractivity contribution in [1.29, 1.82) is 0 Å². The fourth-order valence-electron chi connectivity index (χ4n) is 2.58. The molecule has 0 aromatic rings. The molecule has 3 N–H and O–H groups in total. The van der Waals surface area contributed by atoms with Gasteiger partial charge in [-0.2, -0.15) is 0 Å². The lowest BCUT2D eigenvalue weighted by molar-refractivity contribution is -0.127. The summed E-state index contributed by atoms with van der Waals surface area (Å²) in [6, 6.07) is 1.11. The van der Waals surface area contributed by atoms with Crippen LogP contribution < -0.4 is 11.1 Å². The molecule has 1 aliphatic carbocycles. The van der Waals surface area contributed by atoms with Gasteiger partial charge < -0.3 is 11.1 Å². The van der Waals surface area contributed by atoms with Gasteiger partial charge in [0, 0.05) is 25.2 Å². The van der Waals surface area contributed by atoms with Crippen molar-refractivity contribution in [2.24, 2.45) is 5.73 Å². The van der Waals surface area contributed by atoms with Gasteiger partial charge in [0.1, 0.15) is 0 Å². The Labute approximate surface area is 104 Å². The molecule has 1 saturated heterocycles.